The van der Waals surface area contributed by atoms with E-state index in [9.17, 15) is 9.18 Å². The molecule has 0 fully saturated rings. The van der Waals surface area contributed by atoms with Crippen molar-refractivity contribution in [3.63, 3.8) is 0 Å². The quantitative estimate of drug-likeness (QED) is 0.674. The van der Waals surface area contributed by atoms with Crippen molar-refractivity contribution in [2.75, 3.05) is 0 Å². The number of nitrogens with two attached hydrogens (primary N) is 1. The number of hydrogen-bond acceptors (Lipinski definition) is 3. The fourth-order valence-corrected chi connectivity index (χ4v) is 0.923. The van der Waals surface area contributed by atoms with E-state index in [2.05, 4.69) is 0 Å². The van der Waals surface area contributed by atoms with Crippen molar-refractivity contribution in [2.24, 2.45) is 5.73 Å². The van der Waals surface area contributed by atoms with Crippen molar-refractivity contribution in [3.05, 3.63) is 29.6 Å². The molecular formula is C9H10FNO2. The van der Waals surface area contributed by atoms with Crippen LogP contribution in [0.25, 0.3) is 0 Å². The van der Waals surface area contributed by atoms with Crippen LogP contribution in [0, 0.1) is 5.82 Å². The minimum Gasteiger partial charge on any atom is -0.505 e. The lowest BCUT2D eigenvalue weighted by molar-refractivity contribution is 0.0967. The topological polar surface area (TPSA) is 63.3 Å². The summed E-state index contributed by atoms with van der Waals surface area (Å²) in [6, 6.07) is 2.78. The smallest absolute Gasteiger partial charge is 0.179 e. The number of hydrogen-bond donors (Lipinski definition) is 2. The van der Waals surface area contributed by atoms with E-state index in [-0.39, 0.29) is 11.3 Å². The Bertz CT molecular complexity index is 336. The van der Waals surface area contributed by atoms with Gasteiger partial charge in [-0.15, -0.1) is 0 Å². The molecule has 4 heteroatoms. The number of carbonyl (C=O) groups is 1. The molecule has 0 aliphatic heterocycles. The molecule has 0 saturated heterocycles. The van der Waals surface area contributed by atoms with E-state index >= 15 is 0 Å². The average molecular weight is 183 g/mol. The SMILES string of the molecule is CC(N)C(=O)c1ccc(O)c(F)c1. The molecule has 1 aromatic rings. The highest BCUT2D eigenvalue weighted by Crippen LogP contribution is 2.16. The fraction of sp³-hybridized carbons (Fsp3) is 0.222. The first-order chi connectivity index (χ1) is 6.02. The number of phenols is 1. The van der Waals surface area contributed by atoms with Crippen LogP contribution in [0.3, 0.4) is 0 Å². The fourth-order valence-electron chi connectivity index (χ4n) is 0.923. The van der Waals surface area contributed by atoms with Gasteiger partial charge in [0, 0.05) is 5.56 Å². The molecule has 0 bridgehead atoms. The Kier molecular flexibility index (Phi) is 2.63. The number of phenolic OH excluding ortho intramolecular Hbond substituents is 1. The summed E-state index contributed by atoms with van der Waals surface area (Å²) in [5, 5.41) is 8.85. The standard InChI is InChI=1S/C9H10FNO2/c1-5(11)9(13)6-2-3-8(12)7(10)4-6/h2-5,12H,11H2,1H3. The number of rotatable bonds is 2. The molecule has 1 rings (SSSR count). The highest BCUT2D eigenvalue weighted by molar-refractivity contribution is 5.99. The van der Waals surface area contributed by atoms with Crippen molar-refractivity contribution in [1.29, 1.82) is 0 Å². The normalized spacial score (nSPS) is 12.5. The molecular weight excluding hydrogens is 173 g/mol. The van der Waals surface area contributed by atoms with Crippen LogP contribution in [0.1, 0.15) is 17.3 Å². The van der Waals surface area contributed by atoms with Gasteiger partial charge in [-0.1, -0.05) is 0 Å². The minimum atomic E-state index is -0.813. The second-order valence-corrected chi connectivity index (χ2v) is 2.82. The molecule has 0 spiro atoms. The molecule has 1 atom stereocenters. The van der Waals surface area contributed by atoms with Crippen LogP contribution in [-0.2, 0) is 0 Å². The molecule has 1 unspecified atom stereocenters. The molecule has 0 radical (unpaired) electrons. The Morgan fingerprint density at radius 1 is 1.62 bits per heavy atom. The van der Waals surface area contributed by atoms with Gasteiger partial charge in [0.15, 0.2) is 17.3 Å². The van der Waals surface area contributed by atoms with Gasteiger partial charge in [-0.25, -0.2) is 4.39 Å². The number of halogens is 1. The summed E-state index contributed by atoms with van der Waals surface area (Å²) in [5.41, 5.74) is 5.49. The monoisotopic (exact) mass is 183 g/mol. The third kappa shape index (κ3) is 2.03. The van der Waals surface area contributed by atoms with Gasteiger partial charge in [0.1, 0.15) is 0 Å². The molecule has 3 nitrogen and oxygen atoms in total. The van der Waals surface area contributed by atoms with Gasteiger partial charge >= 0.3 is 0 Å². The summed E-state index contributed by atoms with van der Waals surface area (Å²) in [7, 11) is 0. The molecule has 13 heavy (non-hydrogen) atoms. The van der Waals surface area contributed by atoms with Gasteiger partial charge < -0.3 is 10.8 Å². The van der Waals surface area contributed by atoms with Crippen LogP contribution in [0.5, 0.6) is 5.75 Å². The zero-order valence-corrected chi connectivity index (χ0v) is 7.12. The van der Waals surface area contributed by atoms with Crippen LogP contribution in [0.2, 0.25) is 0 Å². The first-order valence-corrected chi connectivity index (χ1v) is 3.80. The number of benzene rings is 1. The minimum absolute atomic E-state index is 0.172. The lowest BCUT2D eigenvalue weighted by Crippen LogP contribution is -2.26. The van der Waals surface area contributed by atoms with E-state index in [0.717, 1.165) is 12.1 Å². The number of Topliss-reactive ketones (excluding diaryl/α,β-unsaturated/α-hetero) is 1. The molecule has 3 N–H and O–H groups in total. The van der Waals surface area contributed by atoms with Crippen LogP contribution in [0.4, 0.5) is 4.39 Å². The highest BCUT2D eigenvalue weighted by atomic mass is 19.1. The number of ketones is 1. The maximum atomic E-state index is 12.8. The maximum absolute atomic E-state index is 12.8. The van der Waals surface area contributed by atoms with Gasteiger partial charge in [0.05, 0.1) is 6.04 Å². The van der Waals surface area contributed by atoms with E-state index in [1.807, 2.05) is 0 Å². The van der Waals surface area contributed by atoms with Crippen LogP contribution in [-0.4, -0.2) is 16.9 Å². The highest BCUT2D eigenvalue weighted by Gasteiger charge is 2.12. The van der Waals surface area contributed by atoms with Gasteiger partial charge in [-0.3, -0.25) is 4.79 Å². The zero-order chi connectivity index (χ0) is 10.0. The Morgan fingerprint density at radius 3 is 2.69 bits per heavy atom. The largest absolute Gasteiger partial charge is 0.505 e. The van der Waals surface area contributed by atoms with Crippen molar-refractivity contribution in [2.45, 2.75) is 13.0 Å². The predicted octanol–water partition coefficient (Wildman–Crippen LogP) is 1.06. The molecule has 0 heterocycles. The van der Waals surface area contributed by atoms with Crippen molar-refractivity contribution < 1.29 is 14.3 Å². The lowest BCUT2D eigenvalue weighted by Gasteiger charge is -2.04. The zero-order valence-electron chi connectivity index (χ0n) is 7.12. The summed E-state index contributed by atoms with van der Waals surface area (Å²) in [6.45, 7) is 1.52. The molecule has 1 aromatic carbocycles. The summed E-state index contributed by atoms with van der Waals surface area (Å²) in [5.74, 6) is -1.63. The van der Waals surface area contributed by atoms with E-state index in [4.69, 9.17) is 10.8 Å². The summed E-state index contributed by atoms with van der Waals surface area (Å²) >= 11 is 0. The second kappa shape index (κ2) is 3.53. The average Bonchev–Trinajstić information content (AvgIpc) is 2.08. The molecule has 70 valence electrons. The first kappa shape index (κ1) is 9.67. The van der Waals surface area contributed by atoms with Gasteiger partial charge in [-0.05, 0) is 25.1 Å². The summed E-state index contributed by atoms with van der Waals surface area (Å²) in [4.78, 5) is 11.2. The Balaban J connectivity index is 3.04. The molecule has 0 aliphatic carbocycles. The number of carbonyl (C=O) groups excluding carboxylic acids is 1. The Morgan fingerprint density at radius 2 is 2.23 bits per heavy atom. The first-order valence-electron chi connectivity index (χ1n) is 3.80. The van der Waals surface area contributed by atoms with Crippen LogP contribution in [0.15, 0.2) is 18.2 Å². The molecule has 0 amide bonds. The lowest BCUT2D eigenvalue weighted by atomic mass is 10.1. The third-order valence-corrected chi connectivity index (χ3v) is 1.65. The van der Waals surface area contributed by atoms with Crippen LogP contribution < -0.4 is 5.73 Å². The van der Waals surface area contributed by atoms with E-state index in [0.29, 0.717) is 0 Å². The van der Waals surface area contributed by atoms with Crippen LogP contribution >= 0.6 is 0 Å². The molecule has 0 aliphatic rings. The Labute approximate surface area is 75.0 Å². The summed E-state index contributed by atoms with van der Waals surface area (Å²) < 4.78 is 12.8. The maximum Gasteiger partial charge on any atom is 0.179 e. The Hall–Kier alpha value is -1.42. The van der Waals surface area contributed by atoms with E-state index < -0.39 is 17.6 Å². The predicted molar refractivity (Wildman–Crippen MR) is 46.0 cm³/mol. The third-order valence-electron chi connectivity index (χ3n) is 1.65. The summed E-state index contributed by atoms with van der Waals surface area (Å²) in [6.07, 6.45) is 0. The molecule has 0 saturated carbocycles. The van der Waals surface area contributed by atoms with Crippen molar-refractivity contribution in [1.82, 2.24) is 0 Å². The van der Waals surface area contributed by atoms with E-state index in [1.54, 1.807) is 0 Å². The van der Waals surface area contributed by atoms with Gasteiger partial charge in [0.25, 0.3) is 0 Å². The van der Waals surface area contributed by atoms with Gasteiger partial charge in [0.2, 0.25) is 0 Å². The van der Waals surface area contributed by atoms with E-state index in [1.165, 1.54) is 13.0 Å². The molecule has 0 aromatic heterocycles. The number of aromatic hydroxyl groups is 1. The van der Waals surface area contributed by atoms with Crippen molar-refractivity contribution >= 4 is 5.78 Å². The van der Waals surface area contributed by atoms with Crippen molar-refractivity contribution in [3.8, 4) is 5.75 Å². The van der Waals surface area contributed by atoms with Gasteiger partial charge in [-0.2, -0.15) is 0 Å². The second-order valence-electron chi connectivity index (χ2n) is 2.82.